The van der Waals surface area contributed by atoms with Crippen molar-refractivity contribution in [1.29, 1.82) is 0 Å². The van der Waals surface area contributed by atoms with Crippen molar-refractivity contribution in [2.45, 2.75) is 0 Å². The zero-order chi connectivity index (χ0) is 21.8. The molecular weight excluding hydrogens is 400 g/mol. The molecule has 0 aliphatic carbocycles. The van der Waals surface area contributed by atoms with Crippen LogP contribution in [0.2, 0.25) is 0 Å². The lowest BCUT2D eigenvalue weighted by atomic mass is 10.1. The molecule has 1 saturated heterocycles. The van der Waals surface area contributed by atoms with Gasteiger partial charge >= 0.3 is 6.09 Å². The van der Waals surface area contributed by atoms with Crippen LogP contribution in [0.5, 0.6) is 0 Å². The van der Waals surface area contributed by atoms with Crippen molar-refractivity contribution >= 4 is 35.2 Å². The summed E-state index contributed by atoms with van der Waals surface area (Å²) in [7, 11) is 2.97. The number of hydrogen-bond donors (Lipinski definition) is 0. The lowest BCUT2D eigenvalue weighted by molar-refractivity contribution is -0.114. The SMILES string of the molecule is COCC1=NN(c2ccoc2)C(=O)/C1=C\c1ccc(N2CCN(C(=O)OC)CC2)cc1. The first-order valence-electron chi connectivity index (χ1n) is 9.93. The summed E-state index contributed by atoms with van der Waals surface area (Å²) in [4.78, 5) is 28.5. The van der Waals surface area contributed by atoms with Crippen LogP contribution in [0.15, 0.2) is 57.9 Å². The van der Waals surface area contributed by atoms with Gasteiger partial charge in [0.25, 0.3) is 5.91 Å². The summed E-state index contributed by atoms with van der Waals surface area (Å²) in [6.45, 7) is 2.94. The Balaban J connectivity index is 1.48. The predicted octanol–water partition coefficient (Wildman–Crippen LogP) is 2.60. The summed E-state index contributed by atoms with van der Waals surface area (Å²) in [6.07, 6.45) is 4.50. The van der Waals surface area contributed by atoms with Gasteiger partial charge in [0.15, 0.2) is 0 Å². The molecule has 3 heterocycles. The molecule has 0 spiro atoms. The van der Waals surface area contributed by atoms with Gasteiger partial charge in [0.1, 0.15) is 12.0 Å². The molecule has 0 bridgehead atoms. The molecule has 1 aromatic heterocycles. The molecule has 2 aromatic rings. The topological polar surface area (TPSA) is 87.8 Å². The number of carbonyl (C=O) groups is 2. The largest absolute Gasteiger partial charge is 0.470 e. The van der Waals surface area contributed by atoms with E-state index in [0.717, 1.165) is 24.3 Å². The van der Waals surface area contributed by atoms with Gasteiger partial charge in [-0.1, -0.05) is 12.1 Å². The molecule has 0 atom stereocenters. The van der Waals surface area contributed by atoms with E-state index in [0.29, 0.717) is 30.1 Å². The van der Waals surface area contributed by atoms with Crippen molar-refractivity contribution < 1.29 is 23.5 Å². The van der Waals surface area contributed by atoms with Crippen LogP contribution >= 0.6 is 0 Å². The molecular formula is C22H24N4O5. The van der Waals surface area contributed by atoms with Gasteiger partial charge in [-0.25, -0.2) is 4.79 Å². The first-order valence-corrected chi connectivity index (χ1v) is 9.93. The van der Waals surface area contributed by atoms with E-state index in [1.165, 1.54) is 24.6 Å². The predicted molar refractivity (Wildman–Crippen MR) is 116 cm³/mol. The quantitative estimate of drug-likeness (QED) is 0.686. The second kappa shape index (κ2) is 9.05. The monoisotopic (exact) mass is 424 g/mol. The summed E-state index contributed by atoms with van der Waals surface area (Å²) in [5.41, 5.74) is 3.58. The van der Waals surface area contributed by atoms with Crippen LogP contribution in [-0.4, -0.2) is 69.6 Å². The number of hydrogen-bond acceptors (Lipinski definition) is 7. The number of hydrazone groups is 1. The molecule has 0 saturated carbocycles. The fourth-order valence-corrected chi connectivity index (χ4v) is 3.62. The number of benzene rings is 1. The van der Waals surface area contributed by atoms with Crippen molar-refractivity contribution in [3.8, 4) is 0 Å². The number of piperazine rings is 1. The van der Waals surface area contributed by atoms with E-state index in [1.54, 1.807) is 18.1 Å². The Labute approximate surface area is 180 Å². The summed E-state index contributed by atoms with van der Waals surface area (Å²) in [6, 6.07) is 9.64. The average Bonchev–Trinajstić information content (AvgIpc) is 3.44. The summed E-state index contributed by atoms with van der Waals surface area (Å²) in [5.74, 6) is -0.226. The highest BCUT2D eigenvalue weighted by molar-refractivity contribution is 6.33. The number of nitrogens with zero attached hydrogens (tertiary/aromatic N) is 4. The third-order valence-corrected chi connectivity index (χ3v) is 5.27. The molecule has 0 unspecified atom stereocenters. The molecule has 162 valence electrons. The van der Waals surface area contributed by atoms with E-state index < -0.39 is 0 Å². The van der Waals surface area contributed by atoms with E-state index in [9.17, 15) is 9.59 Å². The summed E-state index contributed by atoms with van der Waals surface area (Å²) >= 11 is 0. The average molecular weight is 424 g/mol. The van der Waals surface area contributed by atoms with Crippen molar-refractivity contribution in [1.82, 2.24) is 4.90 Å². The third-order valence-electron chi connectivity index (χ3n) is 5.27. The number of ether oxygens (including phenoxy) is 2. The minimum absolute atomic E-state index is 0.226. The van der Waals surface area contributed by atoms with Gasteiger partial charge in [0, 0.05) is 45.0 Å². The number of carbonyl (C=O) groups excluding carboxylic acids is 2. The van der Waals surface area contributed by atoms with Crippen molar-refractivity contribution in [2.75, 3.05) is 56.9 Å². The van der Waals surface area contributed by atoms with Gasteiger partial charge in [0.05, 0.1) is 31.3 Å². The number of anilines is 2. The fraction of sp³-hybridized carbons (Fsp3) is 0.318. The molecule has 0 N–H and O–H groups in total. The van der Waals surface area contributed by atoms with Crippen LogP contribution in [0.4, 0.5) is 16.2 Å². The molecule has 1 fully saturated rings. The van der Waals surface area contributed by atoms with Crippen LogP contribution in [0.1, 0.15) is 5.56 Å². The van der Waals surface area contributed by atoms with E-state index in [4.69, 9.17) is 13.9 Å². The van der Waals surface area contributed by atoms with Gasteiger partial charge in [-0.15, -0.1) is 0 Å². The highest BCUT2D eigenvalue weighted by atomic mass is 16.5. The molecule has 1 aromatic carbocycles. The Kier molecular flexibility index (Phi) is 6.03. The van der Waals surface area contributed by atoms with Crippen molar-refractivity contribution in [3.05, 3.63) is 54.0 Å². The fourth-order valence-electron chi connectivity index (χ4n) is 3.62. The van der Waals surface area contributed by atoms with Crippen LogP contribution in [0.25, 0.3) is 6.08 Å². The Morgan fingerprint density at radius 3 is 2.45 bits per heavy atom. The standard InChI is InChI=1S/C22H24N4O5/c1-29-15-20-19(21(27)26(23-20)18-7-12-31-14-18)13-16-3-5-17(6-4-16)24-8-10-25(11-9-24)22(28)30-2/h3-7,12-14H,8-11,15H2,1-2H3/b19-13-. The summed E-state index contributed by atoms with van der Waals surface area (Å²) < 4.78 is 15.1. The van der Waals surface area contributed by atoms with Crippen molar-refractivity contribution in [3.63, 3.8) is 0 Å². The van der Waals surface area contributed by atoms with Gasteiger partial charge in [-0.2, -0.15) is 10.1 Å². The minimum Gasteiger partial charge on any atom is -0.470 e. The Hall–Kier alpha value is -3.59. The highest BCUT2D eigenvalue weighted by Crippen LogP contribution is 2.26. The maximum Gasteiger partial charge on any atom is 0.409 e. The van der Waals surface area contributed by atoms with E-state index >= 15 is 0 Å². The van der Waals surface area contributed by atoms with Gasteiger partial charge in [-0.05, 0) is 23.8 Å². The number of amides is 2. The zero-order valence-corrected chi connectivity index (χ0v) is 17.5. The van der Waals surface area contributed by atoms with Gasteiger partial charge in [-0.3, -0.25) is 4.79 Å². The smallest absolute Gasteiger partial charge is 0.409 e. The van der Waals surface area contributed by atoms with E-state index in [1.807, 2.05) is 30.3 Å². The Morgan fingerprint density at radius 2 is 1.84 bits per heavy atom. The van der Waals surface area contributed by atoms with E-state index in [2.05, 4.69) is 10.0 Å². The molecule has 31 heavy (non-hydrogen) atoms. The van der Waals surface area contributed by atoms with Crippen LogP contribution < -0.4 is 9.91 Å². The number of methoxy groups -OCH3 is 2. The maximum absolute atomic E-state index is 12.9. The zero-order valence-electron chi connectivity index (χ0n) is 17.5. The summed E-state index contributed by atoms with van der Waals surface area (Å²) in [5, 5.41) is 5.71. The Morgan fingerprint density at radius 1 is 1.10 bits per heavy atom. The van der Waals surface area contributed by atoms with E-state index in [-0.39, 0.29) is 18.6 Å². The van der Waals surface area contributed by atoms with Gasteiger partial charge in [0.2, 0.25) is 0 Å². The highest BCUT2D eigenvalue weighted by Gasteiger charge is 2.31. The number of rotatable bonds is 5. The normalized spacial score (nSPS) is 18.0. The first kappa shape index (κ1) is 20.7. The van der Waals surface area contributed by atoms with Crippen LogP contribution in [0, 0.1) is 0 Å². The lowest BCUT2D eigenvalue weighted by Gasteiger charge is -2.35. The molecule has 4 rings (SSSR count). The molecule has 0 radical (unpaired) electrons. The molecule has 9 nitrogen and oxygen atoms in total. The molecule has 2 aliphatic rings. The van der Waals surface area contributed by atoms with Crippen LogP contribution in [0.3, 0.4) is 0 Å². The maximum atomic E-state index is 12.9. The molecule has 2 amide bonds. The molecule has 9 heteroatoms. The van der Waals surface area contributed by atoms with Crippen LogP contribution in [-0.2, 0) is 14.3 Å². The second-order valence-corrected chi connectivity index (χ2v) is 7.17. The van der Waals surface area contributed by atoms with Gasteiger partial charge < -0.3 is 23.7 Å². The third kappa shape index (κ3) is 4.31. The molecule has 2 aliphatic heterocycles. The second-order valence-electron chi connectivity index (χ2n) is 7.17. The lowest BCUT2D eigenvalue weighted by Crippen LogP contribution is -2.48. The minimum atomic E-state index is -0.291. The Bertz CT molecular complexity index is 989. The van der Waals surface area contributed by atoms with Crippen molar-refractivity contribution in [2.24, 2.45) is 5.10 Å². The first-order chi connectivity index (χ1) is 15.1. The number of furan rings is 1.